The van der Waals surface area contributed by atoms with Crippen molar-refractivity contribution in [3.63, 3.8) is 0 Å². The van der Waals surface area contributed by atoms with Crippen LogP contribution in [0.2, 0.25) is 0 Å². The number of hydrogen-bond donors (Lipinski definition) is 1. The molecule has 1 atom stereocenters. The van der Waals surface area contributed by atoms with Crippen molar-refractivity contribution in [1.82, 2.24) is 4.90 Å². The average molecular weight is 293 g/mol. The number of rotatable bonds is 5. The van der Waals surface area contributed by atoms with Crippen LogP contribution < -0.4 is 9.47 Å². The summed E-state index contributed by atoms with van der Waals surface area (Å²) in [6, 6.07) is 4.74. The van der Waals surface area contributed by atoms with Crippen molar-refractivity contribution in [2.75, 3.05) is 20.8 Å². The van der Waals surface area contributed by atoms with Crippen LogP contribution in [0.25, 0.3) is 0 Å². The summed E-state index contributed by atoms with van der Waals surface area (Å²) in [5, 5.41) is 8.93. The van der Waals surface area contributed by atoms with Crippen molar-refractivity contribution in [3.05, 3.63) is 23.8 Å². The van der Waals surface area contributed by atoms with Gasteiger partial charge in [-0.2, -0.15) is 0 Å². The Morgan fingerprint density at radius 2 is 2.10 bits per heavy atom. The number of amides is 1. The number of carbonyl (C=O) groups is 2. The molecule has 114 valence electrons. The highest BCUT2D eigenvalue weighted by molar-refractivity contribution is 5.97. The molecule has 0 bridgehead atoms. The quantitative estimate of drug-likeness (QED) is 0.895. The number of benzene rings is 1. The summed E-state index contributed by atoms with van der Waals surface area (Å²) < 4.78 is 10.3. The van der Waals surface area contributed by atoms with Crippen LogP contribution in [-0.4, -0.2) is 48.7 Å². The van der Waals surface area contributed by atoms with Crippen LogP contribution in [-0.2, 0) is 4.79 Å². The Hall–Kier alpha value is -2.24. The first-order valence-corrected chi connectivity index (χ1v) is 6.81. The van der Waals surface area contributed by atoms with Crippen LogP contribution in [0.1, 0.15) is 29.6 Å². The minimum atomic E-state index is -0.888. The van der Waals surface area contributed by atoms with Crippen molar-refractivity contribution >= 4 is 11.9 Å². The zero-order valence-electron chi connectivity index (χ0n) is 12.2. The summed E-state index contributed by atoms with van der Waals surface area (Å²) in [5.74, 6) is -0.0492. The molecule has 1 saturated heterocycles. The number of likely N-dealkylation sites (tertiary alicyclic amines) is 1. The normalized spacial score (nSPS) is 17.6. The maximum absolute atomic E-state index is 12.6. The van der Waals surface area contributed by atoms with Gasteiger partial charge in [-0.3, -0.25) is 9.59 Å². The first-order valence-electron chi connectivity index (χ1n) is 6.81. The van der Waals surface area contributed by atoms with Crippen LogP contribution in [0.15, 0.2) is 18.2 Å². The molecule has 6 nitrogen and oxygen atoms in total. The molecule has 0 saturated carbocycles. The molecular formula is C15H19NO5. The van der Waals surface area contributed by atoms with Gasteiger partial charge in [0.25, 0.3) is 5.91 Å². The second-order valence-electron chi connectivity index (χ2n) is 4.96. The molecule has 0 aliphatic carbocycles. The van der Waals surface area contributed by atoms with Gasteiger partial charge in [0.15, 0.2) is 0 Å². The molecular weight excluding hydrogens is 274 g/mol. The summed E-state index contributed by atoms with van der Waals surface area (Å²) in [7, 11) is 3.03. The Bertz CT molecular complexity index is 543. The summed E-state index contributed by atoms with van der Waals surface area (Å²) in [6.07, 6.45) is 1.52. The van der Waals surface area contributed by atoms with E-state index in [0.717, 1.165) is 12.8 Å². The van der Waals surface area contributed by atoms with Crippen LogP contribution in [0, 0.1) is 0 Å². The molecule has 1 amide bonds. The number of ether oxygens (including phenoxy) is 2. The predicted molar refractivity (Wildman–Crippen MR) is 75.9 cm³/mol. The van der Waals surface area contributed by atoms with Gasteiger partial charge in [-0.1, -0.05) is 0 Å². The summed E-state index contributed by atoms with van der Waals surface area (Å²) in [6.45, 7) is 0.575. The number of carboxylic acids is 1. The first kappa shape index (κ1) is 15.2. The highest BCUT2D eigenvalue weighted by Crippen LogP contribution is 2.29. The van der Waals surface area contributed by atoms with Crippen LogP contribution in [0.5, 0.6) is 11.5 Å². The van der Waals surface area contributed by atoms with Crippen LogP contribution >= 0.6 is 0 Å². The average Bonchev–Trinajstić information content (AvgIpc) is 2.93. The fourth-order valence-electron chi connectivity index (χ4n) is 2.65. The van der Waals surface area contributed by atoms with E-state index < -0.39 is 5.97 Å². The smallest absolute Gasteiger partial charge is 0.305 e. The Balaban J connectivity index is 2.24. The Morgan fingerprint density at radius 3 is 2.71 bits per heavy atom. The van der Waals surface area contributed by atoms with E-state index in [-0.39, 0.29) is 18.4 Å². The number of aliphatic carboxylic acids is 1. The molecule has 0 radical (unpaired) electrons. The molecule has 1 aromatic carbocycles. The van der Waals surface area contributed by atoms with Crippen molar-refractivity contribution in [1.29, 1.82) is 0 Å². The zero-order chi connectivity index (χ0) is 15.4. The second kappa shape index (κ2) is 6.47. The SMILES string of the molecule is COc1ccc(C(=O)N2CCCC2CC(=O)O)c(OC)c1. The van der Waals surface area contributed by atoms with E-state index in [4.69, 9.17) is 14.6 Å². The van der Waals surface area contributed by atoms with Gasteiger partial charge in [0, 0.05) is 18.7 Å². The van der Waals surface area contributed by atoms with Crippen LogP contribution in [0.4, 0.5) is 0 Å². The molecule has 21 heavy (non-hydrogen) atoms. The largest absolute Gasteiger partial charge is 0.497 e. The highest BCUT2D eigenvalue weighted by atomic mass is 16.5. The molecule has 1 aliphatic rings. The summed E-state index contributed by atoms with van der Waals surface area (Å²) in [5.41, 5.74) is 0.426. The van der Waals surface area contributed by atoms with Gasteiger partial charge < -0.3 is 19.5 Å². The molecule has 2 rings (SSSR count). The van der Waals surface area contributed by atoms with Crippen molar-refractivity contribution in [2.24, 2.45) is 0 Å². The van der Waals surface area contributed by atoms with E-state index in [1.165, 1.54) is 7.11 Å². The fraction of sp³-hybridized carbons (Fsp3) is 0.467. The predicted octanol–water partition coefficient (Wildman–Crippen LogP) is 1.78. The third-order valence-electron chi connectivity index (χ3n) is 3.69. The lowest BCUT2D eigenvalue weighted by atomic mass is 10.1. The monoisotopic (exact) mass is 293 g/mol. The molecule has 0 aromatic heterocycles. The van der Waals surface area contributed by atoms with Crippen LogP contribution in [0.3, 0.4) is 0 Å². The lowest BCUT2D eigenvalue weighted by Gasteiger charge is -2.24. The Kier molecular flexibility index (Phi) is 4.67. The molecule has 6 heteroatoms. The van der Waals surface area contributed by atoms with E-state index in [9.17, 15) is 9.59 Å². The summed E-state index contributed by atoms with van der Waals surface area (Å²) in [4.78, 5) is 25.1. The minimum absolute atomic E-state index is 0.0236. The van der Waals surface area contributed by atoms with Crippen molar-refractivity contribution < 1.29 is 24.2 Å². The maximum Gasteiger partial charge on any atom is 0.305 e. The fourth-order valence-corrected chi connectivity index (χ4v) is 2.65. The van der Waals surface area contributed by atoms with Gasteiger partial charge in [-0.15, -0.1) is 0 Å². The lowest BCUT2D eigenvalue weighted by Crippen LogP contribution is -2.37. The topological polar surface area (TPSA) is 76.1 Å². The highest BCUT2D eigenvalue weighted by Gasteiger charge is 2.32. The summed E-state index contributed by atoms with van der Waals surface area (Å²) >= 11 is 0. The number of carbonyl (C=O) groups excluding carboxylic acids is 1. The molecule has 1 unspecified atom stereocenters. The number of carboxylic acid groups (broad SMARTS) is 1. The van der Waals surface area contributed by atoms with E-state index >= 15 is 0 Å². The lowest BCUT2D eigenvalue weighted by molar-refractivity contribution is -0.137. The molecule has 0 spiro atoms. The van der Waals surface area contributed by atoms with Gasteiger partial charge in [0.1, 0.15) is 11.5 Å². The maximum atomic E-state index is 12.6. The van der Waals surface area contributed by atoms with Crippen molar-refractivity contribution in [2.45, 2.75) is 25.3 Å². The van der Waals surface area contributed by atoms with Gasteiger partial charge in [-0.25, -0.2) is 0 Å². The number of methoxy groups -OCH3 is 2. The minimum Gasteiger partial charge on any atom is -0.497 e. The van der Waals surface area contributed by atoms with Gasteiger partial charge in [0.2, 0.25) is 0 Å². The van der Waals surface area contributed by atoms with E-state index in [0.29, 0.717) is 23.6 Å². The second-order valence-corrected chi connectivity index (χ2v) is 4.96. The number of nitrogens with zero attached hydrogens (tertiary/aromatic N) is 1. The Labute approximate surface area is 123 Å². The standard InChI is InChI=1S/C15H19NO5/c1-20-11-5-6-12(13(9-11)21-2)15(19)16-7-3-4-10(16)8-14(17)18/h5-6,9-10H,3-4,7-8H2,1-2H3,(H,17,18). The van der Waals surface area contributed by atoms with Gasteiger partial charge >= 0.3 is 5.97 Å². The third-order valence-corrected chi connectivity index (χ3v) is 3.69. The van der Waals surface area contributed by atoms with E-state index in [2.05, 4.69) is 0 Å². The molecule has 1 heterocycles. The molecule has 1 N–H and O–H groups in total. The van der Waals surface area contributed by atoms with E-state index in [1.54, 1.807) is 30.2 Å². The molecule has 1 aliphatic heterocycles. The third kappa shape index (κ3) is 3.26. The van der Waals surface area contributed by atoms with E-state index in [1.807, 2.05) is 0 Å². The Morgan fingerprint density at radius 1 is 1.33 bits per heavy atom. The van der Waals surface area contributed by atoms with Gasteiger partial charge in [-0.05, 0) is 25.0 Å². The molecule has 1 fully saturated rings. The number of hydrogen-bond acceptors (Lipinski definition) is 4. The van der Waals surface area contributed by atoms with Gasteiger partial charge in [0.05, 0.1) is 26.2 Å². The van der Waals surface area contributed by atoms with Crippen molar-refractivity contribution in [3.8, 4) is 11.5 Å². The zero-order valence-corrected chi connectivity index (χ0v) is 12.2. The first-order chi connectivity index (χ1) is 10.1. The molecule has 1 aromatic rings.